The van der Waals surface area contributed by atoms with E-state index < -0.39 is 0 Å². The van der Waals surface area contributed by atoms with Gasteiger partial charge in [-0.25, -0.2) is 0 Å². The SMILES string of the molecule is CC1(C)CCCN1C(CN)c1cc(Cl)cs1. The van der Waals surface area contributed by atoms with Gasteiger partial charge in [0.25, 0.3) is 0 Å². The van der Waals surface area contributed by atoms with Crippen molar-refractivity contribution < 1.29 is 0 Å². The molecule has 0 aliphatic carbocycles. The van der Waals surface area contributed by atoms with E-state index in [-0.39, 0.29) is 5.54 Å². The van der Waals surface area contributed by atoms with Crippen molar-refractivity contribution in [2.75, 3.05) is 13.1 Å². The molecule has 16 heavy (non-hydrogen) atoms. The van der Waals surface area contributed by atoms with Crippen LogP contribution >= 0.6 is 22.9 Å². The van der Waals surface area contributed by atoms with Crippen LogP contribution in [0.3, 0.4) is 0 Å². The normalized spacial score (nSPS) is 22.5. The van der Waals surface area contributed by atoms with E-state index in [1.165, 1.54) is 17.7 Å². The number of rotatable bonds is 3. The second-order valence-corrected chi connectivity index (χ2v) is 6.41. The highest BCUT2D eigenvalue weighted by atomic mass is 35.5. The third-order valence-electron chi connectivity index (χ3n) is 3.48. The Hall–Kier alpha value is -0.0900. The molecule has 1 aliphatic rings. The van der Waals surface area contributed by atoms with Gasteiger partial charge in [-0.3, -0.25) is 4.90 Å². The van der Waals surface area contributed by atoms with Crippen LogP contribution < -0.4 is 5.73 Å². The lowest BCUT2D eigenvalue weighted by molar-refractivity contribution is 0.121. The minimum Gasteiger partial charge on any atom is -0.329 e. The van der Waals surface area contributed by atoms with Crippen LogP contribution in [0.4, 0.5) is 0 Å². The largest absolute Gasteiger partial charge is 0.329 e. The van der Waals surface area contributed by atoms with Crippen molar-refractivity contribution in [3.63, 3.8) is 0 Å². The molecule has 1 fully saturated rings. The molecular weight excluding hydrogens is 240 g/mol. The lowest BCUT2D eigenvalue weighted by atomic mass is 10.00. The Morgan fingerprint density at radius 1 is 1.62 bits per heavy atom. The van der Waals surface area contributed by atoms with Crippen LogP contribution in [0.15, 0.2) is 11.4 Å². The first-order valence-electron chi connectivity index (χ1n) is 5.75. The quantitative estimate of drug-likeness (QED) is 0.902. The number of thiophene rings is 1. The molecule has 0 aromatic carbocycles. The molecule has 90 valence electrons. The number of hydrogen-bond donors (Lipinski definition) is 1. The summed E-state index contributed by atoms with van der Waals surface area (Å²) >= 11 is 7.71. The lowest BCUT2D eigenvalue weighted by Crippen LogP contribution is -2.43. The molecule has 0 saturated carbocycles. The number of halogens is 1. The summed E-state index contributed by atoms with van der Waals surface area (Å²) in [5.74, 6) is 0. The topological polar surface area (TPSA) is 29.3 Å². The highest BCUT2D eigenvalue weighted by molar-refractivity contribution is 7.10. The van der Waals surface area contributed by atoms with E-state index in [4.69, 9.17) is 17.3 Å². The lowest BCUT2D eigenvalue weighted by Gasteiger charge is -2.37. The summed E-state index contributed by atoms with van der Waals surface area (Å²) in [7, 11) is 0. The molecule has 2 N–H and O–H groups in total. The van der Waals surface area contributed by atoms with Crippen LogP contribution in [-0.2, 0) is 0 Å². The second kappa shape index (κ2) is 4.65. The van der Waals surface area contributed by atoms with Gasteiger partial charge in [0.1, 0.15) is 0 Å². The van der Waals surface area contributed by atoms with Crippen molar-refractivity contribution in [1.29, 1.82) is 0 Å². The highest BCUT2D eigenvalue weighted by Crippen LogP contribution is 2.38. The van der Waals surface area contributed by atoms with Crippen molar-refractivity contribution in [2.24, 2.45) is 5.73 Å². The molecule has 0 bridgehead atoms. The summed E-state index contributed by atoms with van der Waals surface area (Å²) in [5, 5.41) is 2.82. The second-order valence-electron chi connectivity index (χ2n) is 5.03. The molecular formula is C12H19ClN2S. The molecule has 1 atom stereocenters. The Balaban J connectivity index is 2.23. The van der Waals surface area contributed by atoms with Crippen LogP contribution in [0.1, 0.15) is 37.6 Å². The first-order chi connectivity index (χ1) is 7.54. The average Bonchev–Trinajstić information content (AvgIpc) is 2.76. The van der Waals surface area contributed by atoms with Gasteiger partial charge < -0.3 is 5.73 Å². The predicted molar refractivity (Wildman–Crippen MR) is 71.1 cm³/mol. The maximum atomic E-state index is 5.99. The fourth-order valence-electron chi connectivity index (χ4n) is 2.61. The highest BCUT2D eigenvalue weighted by Gasteiger charge is 2.37. The van der Waals surface area contributed by atoms with Crippen LogP contribution in [-0.4, -0.2) is 23.5 Å². The zero-order chi connectivity index (χ0) is 11.8. The first-order valence-corrected chi connectivity index (χ1v) is 7.01. The average molecular weight is 259 g/mol. The standard InChI is InChI=1S/C12H19ClN2S/c1-12(2)4-3-5-15(12)10(7-14)11-6-9(13)8-16-11/h6,8,10H,3-5,7,14H2,1-2H3. The van der Waals surface area contributed by atoms with Crippen LogP contribution in [0, 0.1) is 0 Å². The van der Waals surface area contributed by atoms with Gasteiger partial charge >= 0.3 is 0 Å². The molecule has 1 aromatic rings. The molecule has 4 heteroatoms. The third-order valence-corrected chi connectivity index (χ3v) is 4.86. The van der Waals surface area contributed by atoms with Crippen LogP contribution in [0.5, 0.6) is 0 Å². The van der Waals surface area contributed by atoms with E-state index in [0.29, 0.717) is 12.6 Å². The molecule has 0 amide bonds. The molecule has 1 aliphatic heterocycles. The van der Waals surface area contributed by atoms with Gasteiger partial charge in [-0.15, -0.1) is 11.3 Å². The number of nitrogens with zero attached hydrogens (tertiary/aromatic N) is 1. The van der Waals surface area contributed by atoms with E-state index in [2.05, 4.69) is 24.8 Å². The molecule has 0 radical (unpaired) electrons. The molecule has 2 heterocycles. The molecule has 1 unspecified atom stereocenters. The Morgan fingerprint density at radius 3 is 2.81 bits per heavy atom. The van der Waals surface area contributed by atoms with Gasteiger partial charge in [-0.1, -0.05) is 11.6 Å². The smallest absolute Gasteiger partial charge is 0.0569 e. The number of nitrogens with two attached hydrogens (primary N) is 1. The third kappa shape index (κ3) is 2.28. The van der Waals surface area contributed by atoms with Crippen molar-refractivity contribution >= 4 is 22.9 Å². The van der Waals surface area contributed by atoms with Crippen LogP contribution in [0.2, 0.25) is 5.02 Å². The molecule has 2 nitrogen and oxygen atoms in total. The first kappa shape index (κ1) is 12.4. The number of hydrogen-bond acceptors (Lipinski definition) is 3. The van der Waals surface area contributed by atoms with Crippen molar-refractivity contribution in [3.8, 4) is 0 Å². The van der Waals surface area contributed by atoms with Gasteiger partial charge in [-0.05, 0) is 39.3 Å². The van der Waals surface area contributed by atoms with Gasteiger partial charge in [0.15, 0.2) is 0 Å². The minimum absolute atomic E-state index is 0.264. The minimum atomic E-state index is 0.264. The Morgan fingerprint density at radius 2 is 2.38 bits per heavy atom. The van der Waals surface area contributed by atoms with Crippen LogP contribution in [0.25, 0.3) is 0 Å². The summed E-state index contributed by atoms with van der Waals surface area (Å²) in [6, 6.07) is 2.38. The number of likely N-dealkylation sites (tertiary alicyclic amines) is 1. The molecule has 0 spiro atoms. The zero-order valence-electron chi connectivity index (χ0n) is 9.87. The summed E-state index contributed by atoms with van der Waals surface area (Å²) in [4.78, 5) is 3.82. The van der Waals surface area contributed by atoms with Crippen molar-refractivity contribution in [2.45, 2.75) is 38.3 Å². The van der Waals surface area contributed by atoms with Gasteiger partial charge in [0.05, 0.1) is 11.1 Å². The van der Waals surface area contributed by atoms with Gasteiger partial charge in [0, 0.05) is 22.3 Å². The van der Waals surface area contributed by atoms with E-state index >= 15 is 0 Å². The summed E-state index contributed by atoms with van der Waals surface area (Å²) < 4.78 is 0. The van der Waals surface area contributed by atoms with Gasteiger partial charge in [0.2, 0.25) is 0 Å². The van der Waals surface area contributed by atoms with Crippen molar-refractivity contribution in [1.82, 2.24) is 4.90 Å². The fraction of sp³-hybridized carbons (Fsp3) is 0.667. The predicted octanol–water partition coefficient (Wildman–Crippen LogP) is 3.28. The van der Waals surface area contributed by atoms with Crippen molar-refractivity contribution in [3.05, 3.63) is 21.3 Å². The van der Waals surface area contributed by atoms with E-state index in [9.17, 15) is 0 Å². The van der Waals surface area contributed by atoms with E-state index in [1.54, 1.807) is 11.3 Å². The zero-order valence-corrected chi connectivity index (χ0v) is 11.4. The Labute approximate surface area is 106 Å². The summed E-state index contributed by atoms with van der Waals surface area (Å²) in [6.45, 7) is 6.42. The van der Waals surface area contributed by atoms with E-state index in [0.717, 1.165) is 11.6 Å². The summed E-state index contributed by atoms with van der Waals surface area (Å²) in [6.07, 6.45) is 2.52. The monoisotopic (exact) mass is 258 g/mol. The molecule has 1 saturated heterocycles. The summed E-state index contributed by atoms with van der Waals surface area (Å²) in [5.41, 5.74) is 6.20. The maximum absolute atomic E-state index is 5.99. The van der Waals surface area contributed by atoms with E-state index in [1.807, 2.05) is 5.38 Å². The molecule has 1 aromatic heterocycles. The fourth-order valence-corrected chi connectivity index (χ4v) is 3.81. The Bertz CT molecular complexity index is 362. The Kier molecular flexibility index (Phi) is 3.59. The van der Waals surface area contributed by atoms with Gasteiger partial charge in [-0.2, -0.15) is 0 Å². The molecule has 2 rings (SSSR count). The maximum Gasteiger partial charge on any atom is 0.0569 e.